The normalized spacial score (nSPS) is 10.6. The minimum atomic E-state index is -0.913. The summed E-state index contributed by atoms with van der Waals surface area (Å²) < 4.78 is 0.791. The van der Waals surface area contributed by atoms with E-state index in [2.05, 4.69) is 34.8 Å². The molecule has 0 bridgehead atoms. The van der Waals surface area contributed by atoms with Crippen molar-refractivity contribution in [2.24, 2.45) is 0 Å². The molecule has 1 heterocycles. The summed E-state index contributed by atoms with van der Waals surface area (Å²) in [6.07, 6.45) is 1.88. The van der Waals surface area contributed by atoms with Gasteiger partial charge < -0.3 is 11.5 Å². The number of carbonyl (C=O) groups is 1. The van der Waals surface area contributed by atoms with E-state index in [1.165, 1.54) is 0 Å². The molecule has 0 amide bonds. The molecule has 0 fully saturated rings. The summed E-state index contributed by atoms with van der Waals surface area (Å²) in [5.74, 6) is -0.548. The van der Waals surface area contributed by atoms with Gasteiger partial charge in [0.05, 0.1) is 11.1 Å². The largest absolute Gasteiger partial charge is 1.00 e. The maximum absolute atomic E-state index is 11.1. The van der Waals surface area contributed by atoms with Crippen LogP contribution in [0, 0.1) is 0 Å². The molecule has 2 aromatic rings. The Morgan fingerprint density at radius 1 is 1.47 bits per heavy atom. The zero-order chi connectivity index (χ0) is 11.9. The van der Waals surface area contributed by atoms with Gasteiger partial charge in [-0.2, -0.15) is 0 Å². The van der Waals surface area contributed by atoms with E-state index in [-0.39, 0.29) is 20.3 Å². The third kappa shape index (κ3) is 2.60. The van der Waals surface area contributed by atoms with Gasteiger partial charge in [-0.3, -0.25) is 0 Å². The molecular weight excluding hydrogens is 277 g/mol. The fourth-order valence-electron chi connectivity index (χ4n) is 1.86. The summed E-state index contributed by atoms with van der Waals surface area (Å²) in [4.78, 5) is 14.2. The Hall–Kier alpha value is -0.693. The van der Waals surface area contributed by atoms with Crippen LogP contribution in [0.3, 0.4) is 0 Å². The van der Waals surface area contributed by atoms with Crippen LogP contribution in [0.25, 0.3) is 10.9 Å². The quantitative estimate of drug-likeness (QED) is 0.806. The molecule has 0 atom stereocenters. The Morgan fingerprint density at radius 3 is 2.65 bits per heavy atom. The standard InChI is InChI=1S/C12H12BrNO2.Li.H/c1-6(2)10-5-14-11-8(10)3-7(13)4-9(11)12(15)16;;/h3-6,14H,1-2H3,(H,15,16);;/q;+1;-1. The first-order chi connectivity index (χ1) is 7.50. The number of carboxylic acid groups (broad SMARTS) is 1. The maximum atomic E-state index is 11.1. The van der Waals surface area contributed by atoms with Crippen LogP contribution in [0.1, 0.15) is 37.1 Å². The molecule has 0 radical (unpaired) electrons. The fraction of sp³-hybridized carbons (Fsp3) is 0.250. The molecule has 86 valence electrons. The Morgan fingerprint density at radius 2 is 2.12 bits per heavy atom. The van der Waals surface area contributed by atoms with Gasteiger partial charge in [-0.05, 0) is 23.6 Å². The van der Waals surface area contributed by atoms with E-state index >= 15 is 0 Å². The number of aromatic nitrogens is 1. The van der Waals surface area contributed by atoms with E-state index in [9.17, 15) is 4.79 Å². The summed E-state index contributed by atoms with van der Waals surface area (Å²) in [6.45, 7) is 4.17. The van der Waals surface area contributed by atoms with E-state index in [1.54, 1.807) is 6.07 Å². The Kier molecular flexibility index (Phi) is 4.48. The van der Waals surface area contributed by atoms with Crippen molar-refractivity contribution in [2.75, 3.05) is 0 Å². The second-order valence-corrected chi connectivity index (χ2v) is 5.00. The molecular formula is C12H13BrLiNO2. The van der Waals surface area contributed by atoms with Gasteiger partial charge in [-0.25, -0.2) is 4.79 Å². The molecule has 3 nitrogen and oxygen atoms in total. The zero-order valence-corrected chi connectivity index (χ0v) is 11.6. The van der Waals surface area contributed by atoms with Crippen molar-refractivity contribution in [3.05, 3.63) is 33.9 Å². The molecule has 2 rings (SSSR count). The van der Waals surface area contributed by atoms with Crippen molar-refractivity contribution in [3.8, 4) is 0 Å². The third-order valence-corrected chi connectivity index (χ3v) is 3.10. The van der Waals surface area contributed by atoms with Crippen LogP contribution in [-0.2, 0) is 0 Å². The van der Waals surface area contributed by atoms with Crippen molar-refractivity contribution in [2.45, 2.75) is 19.8 Å². The number of fused-ring (bicyclic) bond motifs is 1. The number of nitrogens with one attached hydrogen (secondary N) is 1. The number of hydrogen-bond donors (Lipinski definition) is 2. The van der Waals surface area contributed by atoms with Gasteiger partial charge in [0, 0.05) is 16.1 Å². The molecule has 0 aliphatic rings. The molecule has 5 heteroatoms. The van der Waals surface area contributed by atoms with Gasteiger partial charge in [0.25, 0.3) is 0 Å². The van der Waals surface area contributed by atoms with Crippen LogP contribution in [0.5, 0.6) is 0 Å². The molecule has 0 saturated carbocycles. The average molecular weight is 290 g/mol. The fourth-order valence-corrected chi connectivity index (χ4v) is 2.32. The second kappa shape index (κ2) is 5.30. The molecule has 1 aromatic heterocycles. The first kappa shape index (κ1) is 14.4. The van der Waals surface area contributed by atoms with E-state index < -0.39 is 5.97 Å². The maximum Gasteiger partial charge on any atom is 1.00 e. The van der Waals surface area contributed by atoms with Crippen LogP contribution in [0.2, 0.25) is 0 Å². The monoisotopic (exact) mass is 289 g/mol. The van der Waals surface area contributed by atoms with Crippen LogP contribution < -0.4 is 18.9 Å². The summed E-state index contributed by atoms with van der Waals surface area (Å²) >= 11 is 3.34. The van der Waals surface area contributed by atoms with Crippen molar-refractivity contribution in [1.82, 2.24) is 4.98 Å². The Bertz CT molecular complexity index is 568. The van der Waals surface area contributed by atoms with E-state index in [1.807, 2.05) is 12.3 Å². The van der Waals surface area contributed by atoms with Crippen molar-refractivity contribution >= 4 is 32.8 Å². The summed E-state index contributed by atoms with van der Waals surface area (Å²) in [5.41, 5.74) is 2.13. The Balaban J connectivity index is 0.00000144. The van der Waals surface area contributed by atoms with E-state index in [0.717, 1.165) is 15.4 Å². The minimum Gasteiger partial charge on any atom is -1.00 e. The number of H-pyrrole nitrogens is 1. The number of benzene rings is 1. The summed E-state index contributed by atoms with van der Waals surface area (Å²) in [7, 11) is 0. The van der Waals surface area contributed by atoms with Gasteiger partial charge in [-0.15, -0.1) is 0 Å². The molecule has 0 saturated heterocycles. The van der Waals surface area contributed by atoms with Crippen LogP contribution in [-0.4, -0.2) is 16.1 Å². The van der Waals surface area contributed by atoms with Gasteiger partial charge >= 0.3 is 24.8 Å². The minimum absolute atomic E-state index is 0. The summed E-state index contributed by atoms with van der Waals surface area (Å²) in [5, 5.41) is 10.1. The van der Waals surface area contributed by atoms with Crippen molar-refractivity contribution in [3.63, 3.8) is 0 Å². The topological polar surface area (TPSA) is 53.1 Å². The predicted octanol–water partition coefficient (Wildman–Crippen LogP) is 0.868. The number of carboxylic acids is 1. The average Bonchev–Trinajstić information content (AvgIpc) is 2.59. The van der Waals surface area contributed by atoms with Gasteiger partial charge in [-0.1, -0.05) is 29.8 Å². The van der Waals surface area contributed by atoms with Crippen molar-refractivity contribution < 1.29 is 30.2 Å². The van der Waals surface area contributed by atoms with Gasteiger partial charge in [0.2, 0.25) is 0 Å². The predicted molar refractivity (Wildman–Crippen MR) is 68.2 cm³/mol. The number of hydrogen-bond acceptors (Lipinski definition) is 1. The molecule has 2 N–H and O–H groups in total. The summed E-state index contributed by atoms with van der Waals surface area (Å²) in [6, 6.07) is 3.57. The first-order valence-electron chi connectivity index (χ1n) is 5.04. The first-order valence-corrected chi connectivity index (χ1v) is 5.84. The second-order valence-electron chi connectivity index (χ2n) is 4.08. The molecule has 0 spiro atoms. The number of rotatable bonds is 2. The van der Waals surface area contributed by atoms with Crippen LogP contribution in [0.15, 0.2) is 22.8 Å². The molecule has 0 unspecified atom stereocenters. The number of aromatic amines is 1. The number of aromatic carboxylic acids is 1. The van der Waals surface area contributed by atoms with E-state index in [0.29, 0.717) is 17.0 Å². The molecule has 1 aromatic carbocycles. The number of halogens is 1. The van der Waals surface area contributed by atoms with Crippen molar-refractivity contribution in [1.29, 1.82) is 0 Å². The van der Waals surface area contributed by atoms with Gasteiger partial charge in [0.15, 0.2) is 0 Å². The van der Waals surface area contributed by atoms with E-state index in [4.69, 9.17) is 5.11 Å². The Labute approximate surface area is 121 Å². The van der Waals surface area contributed by atoms with Crippen LogP contribution >= 0.6 is 15.9 Å². The zero-order valence-electron chi connectivity index (χ0n) is 11.0. The molecule has 0 aliphatic carbocycles. The van der Waals surface area contributed by atoms with Gasteiger partial charge in [0.1, 0.15) is 0 Å². The smallest absolute Gasteiger partial charge is 1.00 e. The van der Waals surface area contributed by atoms with Crippen LogP contribution in [0.4, 0.5) is 0 Å². The molecule has 0 aliphatic heterocycles. The third-order valence-electron chi connectivity index (χ3n) is 2.64. The SMILES string of the molecule is CC(C)c1c[nH]c2c(C(=O)O)cc(Br)cc12.[H-].[Li+]. The molecule has 17 heavy (non-hydrogen) atoms.